The molecule has 0 spiro atoms. The lowest BCUT2D eigenvalue weighted by Gasteiger charge is -2.34. The number of rotatable bonds is 13. The minimum Gasteiger partial charge on any atom is -0.493 e. The van der Waals surface area contributed by atoms with Gasteiger partial charge in [-0.3, -0.25) is 9.89 Å². The van der Waals surface area contributed by atoms with E-state index in [4.69, 9.17) is 23.9 Å². The summed E-state index contributed by atoms with van der Waals surface area (Å²) in [4.78, 5) is 7.34. The molecule has 1 unspecified atom stereocenters. The highest BCUT2D eigenvalue weighted by atomic mass is 16.5. The van der Waals surface area contributed by atoms with Gasteiger partial charge in [-0.15, -0.1) is 0 Å². The van der Waals surface area contributed by atoms with Crippen molar-refractivity contribution in [1.82, 2.24) is 15.5 Å². The van der Waals surface area contributed by atoms with Crippen molar-refractivity contribution >= 4 is 5.96 Å². The Kier molecular flexibility index (Phi) is 12.1. The molecule has 1 atom stereocenters. The number of nitrogens with one attached hydrogen (secondary N) is 2. The molecule has 0 aromatic heterocycles. The van der Waals surface area contributed by atoms with E-state index in [0.717, 1.165) is 88.5 Å². The van der Waals surface area contributed by atoms with Crippen molar-refractivity contribution < 1.29 is 18.9 Å². The summed E-state index contributed by atoms with van der Waals surface area (Å²) in [6.45, 7) is 11.3. The standard InChI is InChI=1S/C23H40N4O4/c1-5-24-23(25-11-7-8-14-30-6-2)26-18-20(27-12-15-31-16-13-27)19-9-10-21(28-3)22(17-19)29-4/h9-10,17,20H,5-8,11-16,18H2,1-4H3,(H2,24,25,26). The Labute approximate surface area is 187 Å². The maximum absolute atomic E-state index is 5.57. The van der Waals surface area contributed by atoms with Crippen LogP contribution in [0.3, 0.4) is 0 Å². The number of methoxy groups -OCH3 is 2. The average Bonchev–Trinajstić information content (AvgIpc) is 2.81. The first-order valence-electron chi connectivity index (χ1n) is 11.4. The maximum atomic E-state index is 5.57. The highest BCUT2D eigenvalue weighted by Crippen LogP contribution is 2.32. The molecule has 31 heavy (non-hydrogen) atoms. The largest absolute Gasteiger partial charge is 0.493 e. The number of aliphatic imine (C=N–C) groups is 1. The minimum atomic E-state index is 0.136. The molecule has 0 amide bonds. The van der Waals surface area contributed by atoms with Gasteiger partial charge in [0.15, 0.2) is 17.5 Å². The Morgan fingerprint density at radius 2 is 1.87 bits per heavy atom. The van der Waals surface area contributed by atoms with Crippen molar-refractivity contribution in [3.8, 4) is 11.5 Å². The third-order valence-corrected chi connectivity index (χ3v) is 5.26. The molecule has 1 heterocycles. The Bertz CT molecular complexity index is 650. The zero-order valence-electron chi connectivity index (χ0n) is 19.6. The van der Waals surface area contributed by atoms with E-state index < -0.39 is 0 Å². The van der Waals surface area contributed by atoms with Crippen molar-refractivity contribution in [2.24, 2.45) is 4.99 Å². The van der Waals surface area contributed by atoms with Crippen LogP contribution in [0.5, 0.6) is 11.5 Å². The van der Waals surface area contributed by atoms with Crippen molar-refractivity contribution in [3.63, 3.8) is 0 Å². The SMILES string of the molecule is CCNC(=NCC(c1ccc(OC)c(OC)c1)N1CCOCC1)NCCCCOCC. The highest BCUT2D eigenvalue weighted by Gasteiger charge is 2.24. The molecule has 1 fully saturated rings. The lowest BCUT2D eigenvalue weighted by Crippen LogP contribution is -2.42. The number of hydrogen-bond acceptors (Lipinski definition) is 6. The zero-order chi connectivity index (χ0) is 22.3. The Morgan fingerprint density at radius 1 is 1.10 bits per heavy atom. The molecule has 8 heteroatoms. The summed E-state index contributed by atoms with van der Waals surface area (Å²) in [5, 5.41) is 6.80. The van der Waals surface area contributed by atoms with Crippen LogP contribution in [0.25, 0.3) is 0 Å². The van der Waals surface area contributed by atoms with Crippen LogP contribution in [-0.2, 0) is 9.47 Å². The van der Waals surface area contributed by atoms with Gasteiger partial charge in [-0.2, -0.15) is 0 Å². The van der Waals surface area contributed by atoms with Gasteiger partial charge in [0.25, 0.3) is 0 Å². The second-order valence-electron chi connectivity index (χ2n) is 7.33. The van der Waals surface area contributed by atoms with Crippen LogP contribution in [0.1, 0.15) is 38.3 Å². The van der Waals surface area contributed by atoms with Gasteiger partial charge in [-0.1, -0.05) is 6.07 Å². The van der Waals surface area contributed by atoms with E-state index in [9.17, 15) is 0 Å². The number of guanidine groups is 1. The molecule has 0 saturated carbocycles. The van der Waals surface area contributed by atoms with Crippen molar-refractivity contribution in [1.29, 1.82) is 0 Å². The maximum Gasteiger partial charge on any atom is 0.191 e. The van der Waals surface area contributed by atoms with Gasteiger partial charge in [0.2, 0.25) is 0 Å². The fraction of sp³-hybridized carbons (Fsp3) is 0.696. The molecule has 1 saturated heterocycles. The van der Waals surface area contributed by atoms with Gasteiger partial charge in [-0.05, 0) is 44.4 Å². The first-order chi connectivity index (χ1) is 15.2. The summed E-state index contributed by atoms with van der Waals surface area (Å²) in [5.74, 6) is 2.32. The van der Waals surface area contributed by atoms with Crippen LogP contribution in [0.4, 0.5) is 0 Å². The number of benzene rings is 1. The Balaban J connectivity index is 2.09. The van der Waals surface area contributed by atoms with Crippen molar-refractivity contribution in [2.45, 2.75) is 32.7 Å². The van der Waals surface area contributed by atoms with Gasteiger partial charge >= 0.3 is 0 Å². The minimum absolute atomic E-state index is 0.136. The van der Waals surface area contributed by atoms with Gasteiger partial charge in [0.1, 0.15) is 0 Å². The molecular formula is C23H40N4O4. The molecule has 0 aliphatic carbocycles. The highest BCUT2D eigenvalue weighted by molar-refractivity contribution is 5.79. The first kappa shape index (κ1) is 25.2. The second kappa shape index (κ2) is 14.9. The molecule has 0 radical (unpaired) electrons. The normalized spacial score (nSPS) is 16.1. The molecule has 8 nitrogen and oxygen atoms in total. The van der Waals surface area contributed by atoms with E-state index in [1.165, 1.54) is 0 Å². The molecule has 2 N–H and O–H groups in total. The van der Waals surface area contributed by atoms with Crippen LogP contribution in [0, 0.1) is 0 Å². The molecule has 2 rings (SSSR count). The monoisotopic (exact) mass is 436 g/mol. The number of morpholine rings is 1. The van der Waals surface area contributed by atoms with E-state index in [1.807, 2.05) is 13.0 Å². The van der Waals surface area contributed by atoms with Gasteiger partial charge in [0.05, 0.1) is 40.0 Å². The van der Waals surface area contributed by atoms with Crippen molar-refractivity contribution in [2.75, 3.05) is 73.4 Å². The predicted octanol–water partition coefficient (Wildman–Crippen LogP) is 2.45. The van der Waals surface area contributed by atoms with E-state index in [2.05, 4.69) is 34.6 Å². The molecular weight excluding hydrogens is 396 g/mol. The molecule has 0 bridgehead atoms. The quantitative estimate of drug-likeness (QED) is 0.279. The van der Waals surface area contributed by atoms with Gasteiger partial charge in [-0.25, -0.2) is 0 Å². The summed E-state index contributed by atoms with van der Waals surface area (Å²) < 4.78 is 21.9. The topological polar surface area (TPSA) is 76.6 Å². The summed E-state index contributed by atoms with van der Waals surface area (Å²) in [5.41, 5.74) is 1.16. The van der Waals surface area contributed by atoms with Gasteiger partial charge in [0, 0.05) is 39.4 Å². The van der Waals surface area contributed by atoms with Gasteiger partial charge < -0.3 is 29.6 Å². The summed E-state index contributed by atoms with van der Waals surface area (Å²) in [7, 11) is 3.33. The number of unbranched alkanes of at least 4 members (excludes halogenated alkanes) is 1. The van der Waals surface area contributed by atoms with Crippen LogP contribution < -0.4 is 20.1 Å². The summed E-state index contributed by atoms with van der Waals surface area (Å²) in [6, 6.07) is 6.26. The smallest absolute Gasteiger partial charge is 0.191 e. The van der Waals surface area contributed by atoms with Crippen LogP contribution in [0.15, 0.2) is 23.2 Å². The third-order valence-electron chi connectivity index (χ3n) is 5.26. The first-order valence-corrected chi connectivity index (χ1v) is 11.4. The number of ether oxygens (including phenoxy) is 4. The zero-order valence-corrected chi connectivity index (χ0v) is 19.6. The predicted molar refractivity (Wildman–Crippen MR) is 124 cm³/mol. The fourth-order valence-corrected chi connectivity index (χ4v) is 3.58. The van der Waals surface area contributed by atoms with Crippen molar-refractivity contribution in [3.05, 3.63) is 23.8 Å². The molecule has 1 aliphatic heterocycles. The molecule has 176 valence electrons. The Hall–Kier alpha value is -2.03. The molecule has 1 aromatic rings. The van der Waals surface area contributed by atoms with Crippen LogP contribution in [0.2, 0.25) is 0 Å². The number of hydrogen-bond donors (Lipinski definition) is 2. The van der Waals surface area contributed by atoms with Crippen LogP contribution >= 0.6 is 0 Å². The van der Waals surface area contributed by atoms with E-state index in [-0.39, 0.29) is 6.04 Å². The second-order valence-corrected chi connectivity index (χ2v) is 7.33. The van der Waals surface area contributed by atoms with Crippen LogP contribution in [-0.4, -0.2) is 84.2 Å². The third kappa shape index (κ3) is 8.55. The lowest BCUT2D eigenvalue weighted by molar-refractivity contribution is 0.0179. The molecule has 1 aromatic carbocycles. The summed E-state index contributed by atoms with van der Waals surface area (Å²) >= 11 is 0. The average molecular weight is 437 g/mol. The fourth-order valence-electron chi connectivity index (χ4n) is 3.58. The Morgan fingerprint density at radius 3 is 2.55 bits per heavy atom. The van der Waals surface area contributed by atoms with E-state index >= 15 is 0 Å². The summed E-state index contributed by atoms with van der Waals surface area (Å²) in [6.07, 6.45) is 2.09. The van der Waals surface area contributed by atoms with E-state index in [1.54, 1.807) is 14.2 Å². The van der Waals surface area contributed by atoms with E-state index in [0.29, 0.717) is 6.54 Å². The lowest BCUT2D eigenvalue weighted by atomic mass is 10.0. The number of nitrogens with zero attached hydrogens (tertiary/aromatic N) is 2. The molecule has 1 aliphatic rings.